The molecule has 1 aliphatic rings. The van der Waals surface area contributed by atoms with Crippen LogP contribution < -0.4 is 10.5 Å². The number of nitrogens with zero attached hydrogens (tertiary/aromatic N) is 1. The van der Waals surface area contributed by atoms with E-state index >= 15 is 0 Å². The number of ether oxygens (including phenoxy) is 1. The lowest BCUT2D eigenvalue weighted by Crippen LogP contribution is -2.35. The summed E-state index contributed by atoms with van der Waals surface area (Å²) in [6, 6.07) is 4.17. The second-order valence-electron chi connectivity index (χ2n) is 6.25. The van der Waals surface area contributed by atoms with E-state index in [1.807, 2.05) is 19.9 Å². The third-order valence-electron chi connectivity index (χ3n) is 4.20. The second-order valence-corrected chi connectivity index (χ2v) is 6.25. The number of aliphatic hydroxyl groups is 1. The molecule has 0 aromatic heterocycles. The minimum Gasteiger partial charge on any atom is -0.489 e. The Kier molecular flexibility index (Phi) is 5.48. The van der Waals surface area contributed by atoms with Crippen LogP contribution >= 0.6 is 0 Å². The highest BCUT2D eigenvalue weighted by molar-refractivity contribution is 5.57. The van der Waals surface area contributed by atoms with Gasteiger partial charge in [0.15, 0.2) is 0 Å². The van der Waals surface area contributed by atoms with Gasteiger partial charge >= 0.3 is 0 Å². The number of hydrogen-bond acceptors (Lipinski definition) is 4. The number of aliphatic hydroxyl groups excluding tert-OH is 1. The van der Waals surface area contributed by atoms with E-state index in [0.717, 1.165) is 43.9 Å². The van der Waals surface area contributed by atoms with Gasteiger partial charge in [-0.25, -0.2) is 0 Å². The molecule has 0 saturated carbocycles. The third kappa shape index (κ3) is 4.11. The highest BCUT2D eigenvalue weighted by Crippen LogP contribution is 2.35. The smallest absolute Gasteiger partial charge is 0.142 e. The predicted octanol–water partition coefficient (Wildman–Crippen LogP) is 2.54. The standard InChI is InChI=1S/C17H28N2O2/c1-12(2)21-17-11-15(13(3)10-16(17)18)14-4-6-19(7-5-14)8-9-20/h10-12,14,20H,4-9,18H2,1-3H3. The molecule has 4 nitrogen and oxygen atoms in total. The summed E-state index contributed by atoms with van der Waals surface area (Å²) in [7, 11) is 0. The Morgan fingerprint density at radius 2 is 2.00 bits per heavy atom. The molecule has 21 heavy (non-hydrogen) atoms. The van der Waals surface area contributed by atoms with Crippen molar-refractivity contribution in [1.29, 1.82) is 0 Å². The number of anilines is 1. The van der Waals surface area contributed by atoms with Crippen LogP contribution in [0.2, 0.25) is 0 Å². The van der Waals surface area contributed by atoms with E-state index in [-0.39, 0.29) is 12.7 Å². The van der Waals surface area contributed by atoms with Gasteiger partial charge in [0.1, 0.15) is 5.75 Å². The van der Waals surface area contributed by atoms with Crippen LogP contribution in [-0.2, 0) is 0 Å². The van der Waals surface area contributed by atoms with Gasteiger partial charge in [-0.15, -0.1) is 0 Å². The maximum atomic E-state index is 9.02. The zero-order valence-electron chi connectivity index (χ0n) is 13.4. The number of aryl methyl sites for hydroxylation is 1. The number of hydrogen-bond donors (Lipinski definition) is 2. The van der Waals surface area contributed by atoms with E-state index in [9.17, 15) is 0 Å². The van der Waals surface area contributed by atoms with E-state index in [1.54, 1.807) is 0 Å². The van der Waals surface area contributed by atoms with Crippen molar-refractivity contribution in [3.05, 3.63) is 23.3 Å². The average Bonchev–Trinajstić information content (AvgIpc) is 2.43. The first kappa shape index (κ1) is 16.1. The molecule has 0 bridgehead atoms. The summed E-state index contributed by atoms with van der Waals surface area (Å²) in [5, 5.41) is 9.02. The van der Waals surface area contributed by atoms with Crippen LogP contribution in [0.1, 0.15) is 43.7 Å². The predicted molar refractivity (Wildman–Crippen MR) is 86.9 cm³/mol. The molecular weight excluding hydrogens is 264 g/mol. The molecule has 1 saturated heterocycles. The second kappa shape index (κ2) is 7.14. The lowest BCUT2D eigenvalue weighted by molar-refractivity contribution is 0.164. The summed E-state index contributed by atoms with van der Waals surface area (Å²) in [4.78, 5) is 2.33. The summed E-state index contributed by atoms with van der Waals surface area (Å²) < 4.78 is 5.82. The molecule has 1 aliphatic heterocycles. The Morgan fingerprint density at radius 3 is 2.57 bits per heavy atom. The van der Waals surface area contributed by atoms with Gasteiger partial charge in [0.05, 0.1) is 18.4 Å². The van der Waals surface area contributed by atoms with Crippen molar-refractivity contribution >= 4 is 5.69 Å². The Morgan fingerprint density at radius 1 is 1.33 bits per heavy atom. The molecular formula is C17H28N2O2. The van der Waals surface area contributed by atoms with Crippen LogP contribution in [0, 0.1) is 6.92 Å². The maximum absolute atomic E-state index is 9.02. The van der Waals surface area contributed by atoms with Crippen molar-refractivity contribution in [1.82, 2.24) is 4.90 Å². The molecule has 4 heteroatoms. The maximum Gasteiger partial charge on any atom is 0.142 e. The first-order valence-electron chi connectivity index (χ1n) is 7.91. The van der Waals surface area contributed by atoms with Crippen LogP contribution in [0.3, 0.4) is 0 Å². The summed E-state index contributed by atoms with van der Waals surface area (Å²) in [5.41, 5.74) is 9.41. The number of β-amino-alcohol motifs (C(OH)–C–C–N with tert-alkyl or cyclic N) is 1. The van der Waals surface area contributed by atoms with Gasteiger partial charge in [0.25, 0.3) is 0 Å². The zero-order chi connectivity index (χ0) is 15.4. The lowest BCUT2D eigenvalue weighted by Gasteiger charge is -2.32. The molecule has 0 aliphatic carbocycles. The van der Waals surface area contributed by atoms with Crippen molar-refractivity contribution in [3.8, 4) is 5.75 Å². The van der Waals surface area contributed by atoms with Crippen LogP contribution in [0.4, 0.5) is 5.69 Å². The average molecular weight is 292 g/mol. The lowest BCUT2D eigenvalue weighted by atomic mass is 9.86. The molecule has 2 rings (SSSR count). The van der Waals surface area contributed by atoms with Crippen molar-refractivity contribution < 1.29 is 9.84 Å². The van der Waals surface area contributed by atoms with Gasteiger partial charge in [-0.3, -0.25) is 0 Å². The molecule has 1 fully saturated rings. The van der Waals surface area contributed by atoms with Crippen molar-refractivity contribution in [3.63, 3.8) is 0 Å². The number of benzene rings is 1. The van der Waals surface area contributed by atoms with Crippen LogP contribution in [0.25, 0.3) is 0 Å². The SMILES string of the molecule is Cc1cc(N)c(OC(C)C)cc1C1CCN(CCO)CC1. The van der Waals surface area contributed by atoms with Crippen LogP contribution in [0.15, 0.2) is 12.1 Å². The fraction of sp³-hybridized carbons (Fsp3) is 0.647. The first-order valence-corrected chi connectivity index (χ1v) is 7.91. The van der Waals surface area contributed by atoms with Crippen molar-refractivity contribution in [2.24, 2.45) is 0 Å². The van der Waals surface area contributed by atoms with Gasteiger partial charge in [-0.2, -0.15) is 0 Å². The molecule has 3 N–H and O–H groups in total. The number of rotatable bonds is 5. The topological polar surface area (TPSA) is 58.7 Å². The van der Waals surface area contributed by atoms with Crippen molar-refractivity contribution in [2.45, 2.75) is 45.6 Å². The fourth-order valence-corrected chi connectivity index (χ4v) is 3.13. The highest BCUT2D eigenvalue weighted by Gasteiger charge is 2.22. The summed E-state index contributed by atoms with van der Waals surface area (Å²) >= 11 is 0. The summed E-state index contributed by atoms with van der Waals surface area (Å²) in [6.45, 7) is 9.31. The summed E-state index contributed by atoms with van der Waals surface area (Å²) in [5.74, 6) is 1.37. The number of piperidine rings is 1. The van der Waals surface area contributed by atoms with E-state index in [2.05, 4.69) is 17.9 Å². The molecule has 0 atom stereocenters. The van der Waals surface area contributed by atoms with Gasteiger partial charge in [0, 0.05) is 6.54 Å². The molecule has 1 heterocycles. The molecule has 0 unspecified atom stereocenters. The number of nitrogens with two attached hydrogens (primary N) is 1. The Balaban J connectivity index is 2.12. The van der Waals surface area contributed by atoms with E-state index < -0.39 is 0 Å². The summed E-state index contributed by atoms with van der Waals surface area (Å²) in [6.07, 6.45) is 2.40. The highest BCUT2D eigenvalue weighted by atomic mass is 16.5. The van der Waals surface area contributed by atoms with E-state index in [1.165, 1.54) is 11.1 Å². The van der Waals surface area contributed by atoms with E-state index in [0.29, 0.717) is 5.92 Å². The Bertz CT molecular complexity index is 466. The first-order chi connectivity index (χ1) is 10.0. The van der Waals surface area contributed by atoms with Crippen LogP contribution in [0.5, 0.6) is 5.75 Å². The van der Waals surface area contributed by atoms with Crippen LogP contribution in [-0.4, -0.2) is 42.4 Å². The van der Waals surface area contributed by atoms with Crippen molar-refractivity contribution in [2.75, 3.05) is 32.0 Å². The van der Waals surface area contributed by atoms with Gasteiger partial charge in [-0.05, 0) is 75.9 Å². The molecule has 0 radical (unpaired) electrons. The normalized spacial score (nSPS) is 17.4. The molecule has 1 aromatic carbocycles. The third-order valence-corrected chi connectivity index (χ3v) is 4.20. The van der Waals surface area contributed by atoms with Gasteiger partial charge < -0.3 is 20.5 Å². The molecule has 0 spiro atoms. The molecule has 118 valence electrons. The fourth-order valence-electron chi connectivity index (χ4n) is 3.13. The minimum atomic E-state index is 0.134. The Labute approximate surface area is 127 Å². The van der Waals surface area contributed by atoms with Gasteiger partial charge in [0.2, 0.25) is 0 Å². The number of nitrogen functional groups attached to an aromatic ring is 1. The largest absolute Gasteiger partial charge is 0.489 e. The monoisotopic (exact) mass is 292 g/mol. The minimum absolute atomic E-state index is 0.134. The van der Waals surface area contributed by atoms with Gasteiger partial charge in [-0.1, -0.05) is 0 Å². The molecule has 0 amide bonds. The zero-order valence-corrected chi connectivity index (χ0v) is 13.4. The van der Waals surface area contributed by atoms with E-state index in [4.69, 9.17) is 15.6 Å². The quantitative estimate of drug-likeness (QED) is 0.819. The Hall–Kier alpha value is -1.26. The molecule has 1 aromatic rings. The number of likely N-dealkylation sites (tertiary alicyclic amines) is 1.